The van der Waals surface area contributed by atoms with Gasteiger partial charge >= 0.3 is 0 Å². The Labute approximate surface area is 85.2 Å². The smallest absolute Gasteiger partial charge is 0.0148 e. The minimum absolute atomic E-state index is 1.32. The van der Waals surface area contributed by atoms with Crippen LogP contribution in [0.4, 0.5) is 0 Å². The summed E-state index contributed by atoms with van der Waals surface area (Å²) in [6.45, 7) is 4.22. The number of benzene rings is 2. The molecule has 0 aliphatic heterocycles. The molecule has 1 aromatic rings. The average Bonchev–Trinajstić information content (AvgIpc) is 2.89. The standard InChI is InChI=1S/C7H6.C7H8/c1-5-2-3-6-4-7(5)6;1-7-5-3-2-4-6-7/h2-4H,1H3;2-6H,1H3. The molecular weight excluding hydrogens is 168 g/mol. The van der Waals surface area contributed by atoms with Gasteiger partial charge < -0.3 is 0 Å². The second-order valence-electron chi connectivity index (χ2n) is 3.68. The molecule has 0 fully saturated rings. The van der Waals surface area contributed by atoms with Crippen LogP contribution < -0.4 is 0 Å². The van der Waals surface area contributed by atoms with Gasteiger partial charge in [0.15, 0.2) is 0 Å². The zero-order valence-corrected chi connectivity index (χ0v) is 8.62. The molecule has 14 heavy (non-hydrogen) atoms. The Kier molecular flexibility index (Phi) is 2.36. The Hall–Kier alpha value is -1.56. The van der Waals surface area contributed by atoms with E-state index >= 15 is 0 Å². The molecule has 0 radical (unpaired) electrons. The summed E-state index contributed by atoms with van der Waals surface area (Å²) in [5, 5.41) is 0. The van der Waals surface area contributed by atoms with E-state index in [9.17, 15) is 0 Å². The van der Waals surface area contributed by atoms with Crippen LogP contribution in [0.5, 0.6) is 0 Å². The second kappa shape index (κ2) is 3.67. The van der Waals surface area contributed by atoms with Crippen LogP contribution in [-0.4, -0.2) is 0 Å². The third-order valence-corrected chi connectivity index (χ3v) is 2.41. The molecule has 0 N–H and O–H groups in total. The monoisotopic (exact) mass is 182 g/mol. The summed E-state index contributed by atoms with van der Waals surface area (Å²) in [7, 11) is 0. The summed E-state index contributed by atoms with van der Waals surface area (Å²) in [5.41, 5.74) is 5.66. The molecule has 0 spiro atoms. The van der Waals surface area contributed by atoms with Gasteiger partial charge in [0.25, 0.3) is 0 Å². The van der Waals surface area contributed by atoms with Crippen LogP contribution in [0, 0.1) is 13.8 Å². The van der Waals surface area contributed by atoms with E-state index in [1.807, 2.05) is 18.2 Å². The molecule has 0 aromatic heterocycles. The summed E-state index contributed by atoms with van der Waals surface area (Å²) < 4.78 is 0. The van der Waals surface area contributed by atoms with E-state index in [0.717, 1.165) is 0 Å². The highest BCUT2D eigenvalue weighted by molar-refractivity contribution is 5.84. The third kappa shape index (κ3) is 2.02. The van der Waals surface area contributed by atoms with Crippen molar-refractivity contribution in [3.63, 3.8) is 0 Å². The van der Waals surface area contributed by atoms with E-state index in [1.54, 1.807) is 0 Å². The molecule has 0 saturated carbocycles. The molecule has 2 aliphatic rings. The van der Waals surface area contributed by atoms with E-state index in [0.29, 0.717) is 0 Å². The van der Waals surface area contributed by atoms with Crippen LogP contribution in [0.2, 0.25) is 0 Å². The van der Waals surface area contributed by atoms with Crippen LogP contribution >= 0.6 is 0 Å². The molecule has 0 saturated heterocycles. The first kappa shape index (κ1) is 9.01. The fourth-order valence-corrected chi connectivity index (χ4v) is 1.44. The minimum Gasteiger partial charge on any atom is -0.0622 e. The maximum absolute atomic E-state index is 2.20. The molecule has 0 atom stereocenters. The maximum Gasteiger partial charge on any atom is -0.0148 e. The van der Waals surface area contributed by atoms with Gasteiger partial charge in [-0.25, -0.2) is 0 Å². The van der Waals surface area contributed by atoms with Crippen molar-refractivity contribution < 1.29 is 0 Å². The zero-order chi connectivity index (χ0) is 9.97. The molecule has 0 nitrogen and oxygen atoms in total. The van der Waals surface area contributed by atoms with Crippen molar-refractivity contribution in [3.05, 3.63) is 59.7 Å². The van der Waals surface area contributed by atoms with Crippen molar-refractivity contribution in [2.75, 3.05) is 0 Å². The van der Waals surface area contributed by atoms with E-state index in [-0.39, 0.29) is 0 Å². The van der Waals surface area contributed by atoms with Crippen molar-refractivity contribution >= 4 is 0 Å². The third-order valence-electron chi connectivity index (χ3n) is 2.41. The molecule has 0 amide bonds. The Morgan fingerprint density at radius 3 is 1.71 bits per heavy atom. The first-order valence-corrected chi connectivity index (χ1v) is 4.90. The summed E-state index contributed by atoms with van der Waals surface area (Å²) >= 11 is 0. The lowest BCUT2D eigenvalue weighted by Crippen LogP contribution is -1.62. The van der Waals surface area contributed by atoms with Gasteiger partial charge in [0.1, 0.15) is 0 Å². The largest absolute Gasteiger partial charge is 0.0622 e. The van der Waals surface area contributed by atoms with E-state index in [1.165, 1.54) is 22.3 Å². The van der Waals surface area contributed by atoms with E-state index < -0.39 is 0 Å². The van der Waals surface area contributed by atoms with Crippen molar-refractivity contribution in [2.45, 2.75) is 13.8 Å². The molecule has 3 rings (SSSR count). The van der Waals surface area contributed by atoms with Gasteiger partial charge in [0.05, 0.1) is 0 Å². The lowest BCUT2D eigenvalue weighted by molar-refractivity contribution is 1.48. The van der Waals surface area contributed by atoms with Crippen LogP contribution in [0.3, 0.4) is 0 Å². The Bertz CT molecular complexity index is 427. The quantitative estimate of drug-likeness (QED) is 0.493. The predicted molar refractivity (Wildman–Crippen MR) is 61.4 cm³/mol. The first-order valence-electron chi connectivity index (χ1n) is 4.90. The van der Waals surface area contributed by atoms with Crippen LogP contribution in [0.25, 0.3) is 11.1 Å². The Morgan fingerprint density at radius 1 is 0.786 bits per heavy atom. The van der Waals surface area contributed by atoms with Crippen molar-refractivity contribution in [2.24, 2.45) is 0 Å². The van der Waals surface area contributed by atoms with Crippen LogP contribution in [-0.2, 0) is 0 Å². The number of rotatable bonds is 0. The maximum atomic E-state index is 2.20. The summed E-state index contributed by atoms with van der Waals surface area (Å²) in [6.07, 6.45) is 0. The van der Waals surface area contributed by atoms with Gasteiger partial charge in [-0.2, -0.15) is 0 Å². The summed E-state index contributed by atoms with van der Waals surface area (Å²) in [4.78, 5) is 0. The van der Waals surface area contributed by atoms with Gasteiger partial charge in [-0.05, 0) is 36.6 Å². The van der Waals surface area contributed by atoms with Gasteiger partial charge in [-0.3, -0.25) is 0 Å². The normalized spacial score (nSPS) is 10.1. The predicted octanol–water partition coefficient (Wildman–Crippen LogP) is 3.97. The van der Waals surface area contributed by atoms with Crippen molar-refractivity contribution in [1.29, 1.82) is 0 Å². The lowest BCUT2D eigenvalue weighted by Gasteiger charge is -1.82. The minimum atomic E-state index is 1.32. The fraction of sp³-hybridized carbons (Fsp3) is 0.143. The average molecular weight is 182 g/mol. The number of hydrogen-bond donors (Lipinski definition) is 0. The van der Waals surface area contributed by atoms with Gasteiger partial charge in [0, 0.05) is 0 Å². The van der Waals surface area contributed by atoms with E-state index in [4.69, 9.17) is 0 Å². The SMILES string of the molecule is Cc1ccc2cc1-2.Cc1ccccc1. The zero-order valence-electron chi connectivity index (χ0n) is 8.62. The second-order valence-corrected chi connectivity index (χ2v) is 3.68. The molecule has 0 bridgehead atoms. The van der Waals surface area contributed by atoms with Gasteiger partial charge in [0.2, 0.25) is 0 Å². The number of aryl methyl sites for hydroxylation is 2. The first-order chi connectivity index (χ1) is 6.77. The molecule has 0 heteroatoms. The highest BCUT2D eigenvalue weighted by Crippen LogP contribution is 2.37. The molecule has 0 unspecified atom stereocenters. The number of fused-ring (bicyclic) bond motifs is 1. The lowest BCUT2D eigenvalue weighted by atomic mass is 10.2. The fourth-order valence-electron chi connectivity index (χ4n) is 1.44. The summed E-state index contributed by atoms with van der Waals surface area (Å²) in [5.74, 6) is 0. The molecular formula is C14H14. The summed E-state index contributed by atoms with van der Waals surface area (Å²) in [6, 6.07) is 16.8. The van der Waals surface area contributed by atoms with Crippen LogP contribution in [0.15, 0.2) is 48.5 Å². The molecule has 0 heterocycles. The number of hydrogen-bond acceptors (Lipinski definition) is 0. The highest BCUT2D eigenvalue weighted by Gasteiger charge is 2.12. The topological polar surface area (TPSA) is 0 Å². The van der Waals surface area contributed by atoms with Crippen molar-refractivity contribution in [1.82, 2.24) is 0 Å². The molecule has 70 valence electrons. The van der Waals surface area contributed by atoms with Gasteiger partial charge in [-0.1, -0.05) is 48.0 Å². The van der Waals surface area contributed by atoms with E-state index in [2.05, 4.69) is 44.2 Å². The van der Waals surface area contributed by atoms with Crippen molar-refractivity contribution in [3.8, 4) is 11.1 Å². The highest BCUT2D eigenvalue weighted by atomic mass is 14.2. The Morgan fingerprint density at radius 2 is 1.50 bits per heavy atom. The van der Waals surface area contributed by atoms with Gasteiger partial charge in [-0.15, -0.1) is 0 Å². The Balaban J connectivity index is 0.000000107. The molecule has 2 aliphatic carbocycles. The van der Waals surface area contributed by atoms with Crippen LogP contribution in [0.1, 0.15) is 11.1 Å². The molecule has 1 aromatic carbocycles.